The van der Waals surface area contributed by atoms with Crippen LogP contribution in [-0.4, -0.2) is 40.7 Å². The van der Waals surface area contributed by atoms with Gasteiger partial charge in [0.25, 0.3) is 5.78 Å². The lowest BCUT2D eigenvalue weighted by Gasteiger charge is -2.23. The van der Waals surface area contributed by atoms with Gasteiger partial charge in [-0.25, -0.2) is 0 Å². The number of nitrogens with zero attached hydrogens (tertiary/aromatic N) is 3. The summed E-state index contributed by atoms with van der Waals surface area (Å²) in [6.45, 7) is 2.50. The van der Waals surface area contributed by atoms with Crippen LogP contribution in [0, 0.1) is 0 Å². The third-order valence-corrected chi connectivity index (χ3v) is 9.11. The Morgan fingerprint density at radius 2 is 1.83 bits per heavy atom. The summed E-state index contributed by atoms with van der Waals surface area (Å²) in [5.74, 6) is -0.282. The fourth-order valence-electron chi connectivity index (χ4n) is 4.38. The molecule has 0 radical (unpaired) electrons. The number of hydrogen-bond acceptors (Lipinski definition) is 9. The van der Waals surface area contributed by atoms with Crippen molar-refractivity contribution in [3.05, 3.63) is 99.0 Å². The number of ether oxygens (including phenoxy) is 2. The molecule has 0 spiro atoms. The summed E-state index contributed by atoms with van der Waals surface area (Å²) in [7, 11) is 1.53. The first-order chi connectivity index (χ1) is 20.3. The van der Waals surface area contributed by atoms with Crippen LogP contribution in [0.15, 0.2) is 76.6 Å². The van der Waals surface area contributed by atoms with Gasteiger partial charge in [-0.1, -0.05) is 71.4 Å². The molecule has 1 saturated heterocycles. The van der Waals surface area contributed by atoms with E-state index in [2.05, 4.69) is 10.2 Å². The molecule has 1 aliphatic heterocycles. The summed E-state index contributed by atoms with van der Waals surface area (Å²) in [6.07, 6.45) is 0.812. The average molecular weight is 643 g/mol. The molecular formula is C30H25Cl2N3O5S2. The molecule has 1 fully saturated rings. The van der Waals surface area contributed by atoms with Gasteiger partial charge in [0.1, 0.15) is 17.3 Å². The van der Waals surface area contributed by atoms with E-state index in [1.807, 2.05) is 13.0 Å². The maximum atomic E-state index is 13.5. The maximum absolute atomic E-state index is 13.5. The third-order valence-electron chi connectivity index (χ3n) is 6.42. The van der Waals surface area contributed by atoms with Crippen molar-refractivity contribution >= 4 is 68.9 Å². The lowest BCUT2D eigenvalue weighted by Crippen LogP contribution is -2.29. The largest absolute Gasteiger partial charge is 0.507 e. The minimum atomic E-state index is -0.964. The molecule has 2 heterocycles. The Balaban J connectivity index is 1.54. The molecule has 0 saturated carbocycles. The predicted molar refractivity (Wildman–Crippen MR) is 166 cm³/mol. The zero-order valence-corrected chi connectivity index (χ0v) is 25.7. The smallest absolute Gasteiger partial charge is 0.301 e. The van der Waals surface area contributed by atoms with Gasteiger partial charge in [0.05, 0.1) is 25.3 Å². The van der Waals surface area contributed by atoms with E-state index >= 15 is 0 Å². The summed E-state index contributed by atoms with van der Waals surface area (Å²) in [4.78, 5) is 28.3. The second kappa shape index (κ2) is 13.2. The van der Waals surface area contributed by atoms with E-state index in [0.29, 0.717) is 49.4 Å². The van der Waals surface area contributed by atoms with Crippen molar-refractivity contribution in [3.8, 4) is 11.5 Å². The van der Waals surface area contributed by atoms with Gasteiger partial charge in [-0.05, 0) is 66.1 Å². The van der Waals surface area contributed by atoms with Crippen molar-refractivity contribution in [1.29, 1.82) is 0 Å². The van der Waals surface area contributed by atoms with Crippen molar-refractivity contribution in [3.63, 3.8) is 0 Å². The highest BCUT2D eigenvalue weighted by atomic mass is 35.5. The average Bonchev–Trinajstić information content (AvgIpc) is 3.57. The second-order valence-electron chi connectivity index (χ2n) is 9.19. The van der Waals surface area contributed by atoms with Gasteiger partial charge in [-0.2, -0.15) is 0 Å². The first kappa shape index (κ1) is 29.9. The van der Waals surface area contributed by atoms with Gasteiger partial charge in [-0.3, -0.25) is 14.5 Å². The van der Waals surface area contributed by atoms with Crippen LogP contribution in [0.25, 0.3) is 5.76 Å². The summed E-state index contributed by atoms with van der Waals surface area (Å²) in [6, 6.07) is 18.0. The number of hydrogen-bond donors (Lipinski definition) is 1. The van der Waals surface area contributed by atoms with Crippen molar-refractivity contribution < 1.29 is 24.2 Å². The summed E-state index contributed by atoms with van der Waals surface area (Å²) < 4.78 is 11.6. The summed E-state index contributed by atoms with van der Waals surface area (Å²) in [5, 5.41) is 21.2. The van der Waals surface area contributed by atoms with Crippen LogP contribution >= 0.6 is 46.3 Å². The third kappa shape index (κ3) is 6.27. The van der Waals surface area contributed by atoms with Gasteiger partial charge < -0.3 is 14.6 Å². The minimum absolute atomic E-state index is 0.0600. The van der Waals surface area contributed by atoms with Gasteiger partial charge in [0.15, 0.2) is 4.34 Å². The number of halogens is 2. The number of rotatable bonds is 10. The minimum Gasteiger partial charge on any atom is -0.507 e. The highest BCUT2D eigenvalue weighted by Crippen LogP contribution is 2.45. The van der Waals surface area contributed by atoms with E-state index in [-0.39, 0.29) is 16.5 Å². The van der Waals surface area contributed by atoms with Gasteiger partial charge >= 0.3 is 5.91 Å². The Hall–Kier alpha value is -3.57. The number of anilines is 1. The Morgan fingerprint density at radius 3 is 2.55 bits per heavy atom. The number of aromatic nitrogens is 2. The van der Waals surface area contributed by atoms with Gasteiger partial charge in [-0.15, -0.1) is 10.2 Å². The Kier molecular flexibility index (Phi) is 9.37. The number of aliphatic hydroxyl groups is 1. The van der Waals surface area contributed by atoms with Crippen LogP contribution in [0.5, 0.6) is 11.5 Å². The molecule has 4 aromatic rings. The van der Waals surface area contributed by atoms with E-state index < -0.39 is 17.7 Å². The number of carbonyl (C=O) groups excluding carboxylic acids is 2. The fourth-order valence-corrected chi connectivity index (χ4v) is 6.81. The first-order valence-corrected chi connectivity index (χ1v) is 15.4. The molecule has 1 unspecified atom stereocenters. The molecule has 1 aliphatic rings. The maximum Gasteiger partial charge on any atom is 0.301 e. The molecule has 1 N–H and O–H groups in total. The van der Waals surface area contributed by atoms with Crippen molar-refractivity contribution in [1.82, 2.24) is 10.2 Å². The van der Waals surface area contributed by atoms with Crippen molar-refractivity contribution in [2.45, 2.75) is 29.5 Å². The lowest BCUT2D eigenvalue weighted by molar-refractivity contribution is -0.132. The molecule has 1 atom stereocenters. The van der Waals surface area contributed by atoms with Crippen LogP contribution < -0.4 is 14.4 Å². The molecule has 1 aromatic heterocycles. The van der Waals surface area contributed by atoms with Crippen LogP contribution in [0.1, 0.15) is 36.1 Å². The zero-order chi connectivity index (χ0) is 29.8. The second-order valence-corrected chi connectivity index (χ2v) is 12.2. The van der Waals surface area contributed by atoms with E-state index in [1.165, 1.54) is 35.1 Å². The number of aliphatic hydroxyl groups excluding tert-OH is 1. The number of carbonyl (C=O) groups is 2. The van der Waals surface area contributed by atoms with E-state index in [4.69, 9.17) is 32.7 Å². The number of ketones is 1. The van der Waals surface area contributed by atoms with Gasteiger partial charge in [0, 0.05) is 21.4 Å². The molecule has 5 rings (SSSR count). The first-order valence-electron chi connectivity index (χ1n) is 12.9. The number of thioether (sulfide) groups is 1. The summed E-state index contributed by atoms with van der Waals surface area (Å²) >= 11 is 14.9. The Labute approximate surface area is 260 Å². The molecule has 1 amide bonds. The van der Waals surface area contributed by atoms with E-state index in [0.717, 1.165) is 12.0 Å². The van der Waals surface area contributed by atoms with Crippen LogP contribution in [0.2, 0.25) is 10.0 Å². The molecule has 8 nitrogen and oxygen atoms in total. The predicted octanol–water partition coefficient (Wildman–Crippen LogP) is 7.56. The number of benzene rings is 3. The summed E-state index contributed by atoms with van der Waals surface area (Å²) in [5.41, 5.74) is 1.75. The van der Waals surface area contributed by atoms with Crippen molar-refractivity contribution in [2.75, 3.05) is 18.6 Å². The molecule has 42 heavy (non-hydrogen) atoms. The molecule has 3 aromatic carbocycles. The monoisotopic (exact) mass is 641 g/mol. The van der Waals surface area contributed by atoms with E-state index in [1.54, 1.807) is 60.7 Å². The van der Waals surface area contributed by atoms with Gasteiger partial charge in [0.2, 0.25) is 5.13 Å². The van der Waals surface area contributed by atoms with Crippen LogP contribution in [0.3, 0.4) is 0 Å². The van der Waals surface area contributed by atoms with Crippen LogP contribution in [-0.2, 0) is 15.3 Å². The Bertz CT molecular complexity index is 1660. The number of methoxy groups -OCH3 is 1. The van der Waals surface area contributed by atoms with E-state index in [9.17, 15) is 14.7 Å². The topological polar surface area (TPSA) is 102 Å². The SMILES string of the molecule is CCCOc1cccc(C2/C(=C(\O)c3ccc(OC)cc3)C(=O)C(=O)N2c2nnc(SCc3ccc(Cl)cc3Cl)s2)c1. The quantitative estimate of drug-likeness (QED) is 0.0622. The highest BCUT2D eigenvalue weighted by molar-refractivity contribution is 8.00. The normalized spacial score (nSPS) is 16.2. The van der Waals surface area contributed by atoms with Crippen LogP contribution in [0.4, 0.5) is 5.13 Å². The zero-order valence-electron chi connectivity index (χ0n) is 22.5. The Morgan fingerprint density at radius 1 is 1.05 bits per heavy atom. The number of Topliss-reactive ketones (excluding diaryl/α,β-unsaturated/α-hetero) is 1. The molecule has 216 valence electrons. The molecular weight excluding hydrogens is 617 g/mol. The molecule has 12 heteroatoms. The molecule has 0 bridgehead atoms. The molecule has 0 aliphatic carbocycles. The fraction of sp³-hybridized carbons (Fsp3) is 0.200. The number of amides is 1. The van der Waals surface area contributed by atoms with Crippen molar-refractivity contribution in [2.24, 2.45) is 0 Å². The highest BCUT2D eigenvalue weighted by Gasteiger charge is 2.48. The lowest BCUT2D eigenvalue weighted by atomic mass is 9.95. The standard InChI is InChI=1S/C30H25Cl2N3O5S2/c1-3-13-40-22-6-4-5-18(14-22)25-24(26(36)17-8-11-21(39-2)12-9-17)27(37)28(38)35(25)29-33-34-30(42-29)41-16-19-7-10-20(31)15-23(19)32/h4-12,14-15,25,36H,3,13,16H2,1-2H3/b26-24+.